The lowest BCUT2D eigenvalue weighted by molar-refractivity contribution is 0.215. The van der Waals surface area contributed by atoms with Gasteiger partial charge in [-0.3, -0.25) is 4.52 Å². The van der Waals surface area contributed by atoms with E-state index in [9.17, 15) is 4.57 Å². The van der Waals surface area contributed by atoms with Crippen LogP contribution in [-0.2, 0) is 9.09 Å². The first-order chi connectivity index (χ1) is 10.5. The van der Waals surface area contributed by atoms with E-state index in [1.54, 1.807) is 6.08 Å². The van der Waals surface area contributed by atoms with Gasteiger partial charge < -0.3 is 9.79 Å². The number of phosphoric ester groups is 1. The highest BCUT2D eigenvalue weighted by atomic mass is 31.2. The standard InChI is InChI=1S/C17H19O4P/c1-14(12-13-21-22(18,19)20)17(15-8-4-2-5-9-15)16-10-6-3-7-11-16/h2-12,17H,13H2,1H3,(H2,18,19,20). The molecule has 0 saturated heterocycles. The maximum absolute atomic E-state index is 10.8. The molecule has 0 bridgehead atoms. The van der Waals surface area contributed by atoms with Gasteiger partial charge in [-0.1, -0.05) is 72.3 Å². The summed E-state index contributed by atoms with van der Waals surface area (Å²) < 4.78 is 15.3. The quantitative estimate of drug-likeness (QED) is 0.627. The largest absolute Gasteiger partial charge is 0.469 e. The van der Waals surface area contributed by atoms with Crippen LogP contribution in [0.5, 0.6) is 0 Å². The van der Waals surface area contributed by atoms with Gasteiger partial charge in [0.25, 0.3) is 0 Å². The fourth-order valence-electron chi connectivity index (χ4n) is 2.39. The van der Waals surface area contributed by atoms with E-state index in [1.807, 2.05) is 67.6 Å². The van der Waals surface area contributed by atoms with Crippen molar-refractivity contribution in [2.75, 3.05) is 6.61 Å². The summed E-state index contributed by atoms with van der Waals surface area (Å²) in [6, 6.07) is 20.0. The molecule has 4 nitrogen and oxygen atoms in total. The van der Waals surface area contributed by atoms with E-state index in [0.717, 1.165) is 16.7 Å². The van der Waals surface area contributed by atoms with Gasteiger partial charge in [0.15, 0.2) is 0 Å². The highest BCUT2D eigenvalue weighted by molar-refractivity contribution is 7.46. The molecule has 0 heterocycles. The molecule has 2 rings (SSSR count). The Hall–Kier alpha value is -1.71. The topological polar surface area (TPSA) is 66.8 Å². The fraction of sp³-hybridized carbons (Fsp3) is 0.176. The predicted octanol–water partition coefficient (Wildman–Crippen LogP) is 3.87. The summed E-state index contributed by atoms with van der Waals surface area (Å²) in [5.41, 5.74) is 3.23. The molecule has 116 valence electrons. The molecule has 0 aliphatic carbocycles. The first kappa shape index (κ1) is 16.7. The number of hydrogen-bond donors (Lipinski definition) is 2. The summed E-state index contributed by atoms with van der Waals surface area (Å²) >= 11 is 0. The molecule has 0 aliphatic heterocycles. The molecule has 22 heavy (non-hydrogen) atoms. The van der Waals surface area contributed by atoms with Crippen LogP contribution in [0.3, 0.4) is 0 Å². The van der Waals surface area contributed by atoms with Gasteiger partial charge >= 0.3 is 7.82 Å². The number of rotatable bonds is 6. The van der Waals surface area contributed by atoms with E-state index in [2.05, 4.69) is 4.52 Å². The molecule has 2 aromatic carbocycles. The zero-order valence-electron chi connectivity index (χ0n) is 12.3. The SMILES string of the molecule is CC(=CCOP(=O)(O)O)C(c1ccccc1)c1ccccc1. The number of phosphoric acid groups is 1. The van der Waals surface area contributed by atoms with Gasteiger partial charge in [-0.15, -0.1) is 0 Å². The first-order valence-electron chi connectivity index (χ1n) is 6.94. The Morgan fingerprint density at radius 1 is 1.05 bits per heavy atom. The molecule has 0 amide bonds. The summed E-state index contributed by atoms with van der Waals surface area (Å²) in [6.45, 7) is 1.82. The van der Waals surface area contributed by atoms with Crippen LogP contribution in [0.15, 0.2) is 72.3 Å². The van der Waals surface area contributed by atoms with Crippen LogP contribution < -0.4 is 0 Å². The lowest BCUT2D eigenvalue weighted by atomic mass is 9.85. The van der Waals surface area contributed by atoms with Gasteiger partial charge in [0, 0.05) is 5.92 Å². The zero-order chi connectivity index (χ0) is 16.0. The molecule has 0 spiro atoms. The van der Waals surface area contributed by atoms with Crippen LogP contribution in [-0.4, -0.2) is 16.4 Å². The Kier molecular flexibility index (Phi) is 5.69. The van der Waals surface area contributed by atoms with Gasteiger partial charge in [0.1, 0.15) is 0 Å². The molecular weight excluding hydrogens is 299 g/mol. The molecule has 5 heteroatoms. The summed E-state index contributed by atoms with van der Waals surface area (Å²) in [5, 5.41) is 0. The third-order valence-corrected chi connectivity index (χ3v) is 3.85. The normalized spacial score (nSPS) is 12.6. The van der Waals surface area contributed by atoms with Crippen LogP contribution in [0.4, 0.5) is 0 Å². The fourth-order valence-corrected chi connectivity index (χ4v) is 2.66. The molecule has 0 saturated carbocycles. The maximum atomic E-state index is 10.8. The predicted molar refractivity (Wildman–Crippen MR) is 86.5 cm³/mol. The molecule has 0 radical (unpaired) electrons. The highest BCUT2D eigenvalue weighted by Crippen LogP contribution is 2.36. The van der Waals surface area contributed by atoms with Crippen molar-refractivity contribution in [2.45, 2.75) is 12.8 Å². The number of allylic oxidation sites excluding steroid dienone is 1. The summed E-state index contributed by atoms with van der Waals surface area (Å²) in [6.07, 6.45) is 1.71. The minimum Gasteiger partial charge on any atom is -0.303 e. The van der Waals surface area contributed by atoms with Gasteiger partial charge in [-0.05, 0) is 18.1 Å². The summed E-state index contributed by atoms with van der Waals surface area (Å²) in [5.74, 6) is 0.0303. The smallest absolute Gasteiger partial charge is 0.303 e. The van der Waals surface area contributed by atoms with E-state index in [4.69, 9.17) is 9.79 Å². The van der Waals surface area contributed by atoms with Crippen LogP contribution in [0.1, 0.15) is 24.0 Å². The van der Waals surface area contributed by atoms with Crippen molar-refractivity contribution in [1.29, 1.82) is 0 Å². The van der Waals surface area contributed by atoms with Crippen molar-refractivity contribution >= 4 is 7.82 Å². The molecular formula is C17H19O4P. The van der Waals surface area contributed by atoms with Crippen LogP contribution in [0.2, 0.25) is 0 Å². The summed E-state index contributed by atoms with van der Waals surface area (Å²) in [4.78, 5) is 17.5. The van der Waals surface area contributed by atoms with Gasteiger partial charge in [-0.25, -0.2) is 4.57 Å². The Labute approximate surface area is 130 Å². The van der Waals surface area contributed by atoms with Gasteiger partial charge in [0.2, 0.25) is 0 Å². The monoisotopic (exact) mass is 318 g/mol. The Morgan fingerprint density at radius 3 is 1.91 bits per heavy atom. The molecule has 0 atom stereocenters. The molecule has 0 aliphatic rings. The highest BCUT2D eigenvalue weighted by Gasteiger charge is 2.17. The molecule has 2 aromatic rings. The van der Waals surface area contributed by atoms with Crippen molar-refractivity contribution < 1.29 is 18.9 Å². The Balaban J connectivity index is 2.29. The van der Waals surface area contributed by atoms with E-state index in [1.165, 1.54) is 0 Å². The van der Waals surface area contributed by atoms with E-state index >= 15 is 0 Å². The van der Waals surface area contributed by atoms with Crippen molar-refractivity contribution in [3.63, 3.8) is 0 Å². The lowest BCUT2D eigenvalue weighted by Crippen LogP contribution is -2.04. The van der Waals surface area contributed by atoms with Crippen LogP contribution >= 0.6 is 7.82 Å². The van der Waals surface area contributed by atoms with Crippen molar-refractivity contribution in [1.82, 2.24) is 0 Å². The lowest BCUT2D eigenvalue weighted by Gasteiger charge is -2.19. The molecule has 0 aromatic heterocycles. The average molecular weight is 318 g/mol. The molecule has 0 unspecified atom stereocenters. The van der Waals surface area contributed by atoms with Crippen molar-refractivity contribution in [2.24, 2.45) is 0 Å². The second-order valence-electron chi connectivity index (χ2n) is 4.99. The van der Waals surface area contributed by atoms with Gasteiger partial charge in [0.05, 0.1) is 6.61 Å². The number of benzene rings is 2. The minimum atomic E-state index is -4.44. The Bertz CT molecular complexity index is 622. The van der Waals surface area contributed by atoms with Gasteiger partial charge in [-0.2, -0.15) is 0 Å². The van der Waals surface area contributed by atoms with E-state index in [0.29, 0.717) is 0 Å². The second kappa shape index (κ2) is 7.52. The minimum absolute atomic E-state index is 0.0303. The van der Waals surface area contributed by atoms with Crippen molar-refractivity contribution in [3.05, 3.63) is 83.4 Å². The molecule has 0 fully saturated rings. The van der Waals surface area contributed by atoms with E-state index in [-0.39, 0.29) is 12.5 Å². The van der Waals surface area contributed by atoms with Crippen molar-refractivity contribution in [3.8, 4) is 0 Å². The average Bonchev–Trinajstić information content (AvgIpc) is 2.48. The third-order valence-electron chi connectivity index (χ3n) is 3.37. The Morgan fingerprint density at radius 2 is 1.50 bits per heavy atom. The first-order valence-corrected chi connectivity index (χ1v) is 8.47. The van der Waals surface area contributed by atoms with Crippen LogP contribution in [0, 0.1) is 0 Å². The zero-order valence-corrected chi connectivity index (χ0v) is 13.2. The number of hydrogen-bond acceptors (Lipinski definition) is 2. The van der Waals surface area contributed by atoms with E-state index < -0.39 is 7.82 Å². The second-order valence-corrected chi connectivity index (χ2v) is 6.23. The van der Waals surface area contributed by atoms with Crippen LogP contribution in [0.25, 0.3) is 0 Å². The third kappa shape index (κ3) is 4.93. The molecule has 2 N–H and O–H groups in total. The maximum Gasteiger partial charge on any atom is 0.469 e. The summed E-state index contributed by atoms with van der Waals surface area (Å²) in [7, 11) is -4.44.